The number of nitrogens with zero attached hydrogens (tertiary/aromatic N) is 1. The molecule has 2 unspecified atom stereocenters. The van der Waals surface area contributed by atoms with Crippen LogP contribution in [0.3, 0.4) is 0 Å². The molecule has 25 heavy (non-hydrogen) atoms. The highest BCUT2D eigenvalue weighted by atomic mass is 35.5. The van der Waals surface area contributed by atoms with Crippen LogP contribution in [0.1, 0.15) is 29.6 Å². The zero-order chi connectivity index (χ0) is 17.8. The number of benzene rings is 1. The maximum Gasteiger partial charge on any atom is 0.256 e. The van der Waals surface area contributed by atoms with E-state index in [0.29, 0.717) is 35.2 Å². The first-order valence-corrected chi connectivity index (χ1v) is 9.82. The van der Waals surface area contributed by atoms with Gasteiger partial charge in [0.2, 0.25) is 11.8 Å². The van der Waals surface area contributed by atoms with Crippen molar-refractivity contribution in [2.75, 3.05) is 18.2 Å². The number of carbonyl (C=O) groups is 3. The first-order chi connectivity index (χ1) is 12.1. The lowest BCUT2D eigenvalue weighted by molar-refractivity contribution is -0.130. The summed E-state index contributed by atoms with van der Waals surface area (Å²) in [5, 5.41) is 5.98. The molecule has 2 saturated heterocycles. The highest BCUT2D eigenvalue weighted by Crippen LogP contribution is 2.26. The molecule has 2 N–H and O–H groups in total. The molecule has 2 aliphatic heterocycles. The fourth-order valence-corrected chi connectivity index (χ4v) is 4.36. The van der Waals surface area contributed by atoms with Crippen LogP contribution in [0, 0.1) is 0 Å². The van der Waals surface area contributed by atoms with Gasteiger partial charge >= 0.3 is 0 Å². The van der Waals surface area contributed by atoms with Crippen LogP contribution in [-0.2, 0) is 9.59 Å². The van der Waals surface area contributed by atoms with E-state index in [1.54, 1.807) is 24.3 Å². The number of rotatable bonds is 3. The van der Waals surface area contributed by atoms with Gasteiger partial charge in [-0.05, 0) is 31.4 Å². The summed E-state index contributed by atoms with van der Waals surface area (Å²) in [5.74, 6) is 0.240. The van der Waals surface area contributed by atoms with E-state index in [1.807, 2.05) is 0 Å². The lowest BCUT2D eigenvalue weighted by Gasteiger charge is -2.25. The van der Waals surface area contributed by atoms with Crippen LogP contribution in [0.2, 0.25) is 5.02 Å². The molecule has 0 bridgehead atoms. The van der Waals surface area contributed by atoms with Crippen LogP contribution >= 0.6 is 23.4 Å². The van der Waals surface area contributed by atoms with Crippen molar-refractivity contribution in [3.05, 3.63) is 34.9 Å². The second-order valence-corrected chi connectivity index (χ2v) is 7.53. The Labute approximate surface area is 155 Å². The minimum Gasteiger partial charge on any atom is -0.354 e. The molecule has 2 atom stereocenters. The first-order valence-electron chi connectivity index (χ1n) is 8.29. The summed E-state index contributed by atoms with van der Waals surface area (Å²) in [6, 6.07) is 5.69. The van der Waals surface area contributed by atoms with Gasteiger partial charge in [-0.2, -0.15) is 0 Å². The maximum atomic E-state index is 12.8. The van der Waals surface area contributed by atoms with Gasteiger partial charge in [-0.3, -0.25) is 14.4 Å². The largest absolute Gasteiger partial charge is 0.354 e. The molecule has 1 aromatic rings. The fourth-order valence-electron chi connectivity index (χ4n) is 2.99. The van der Waals surface area contributed by atoms with Crippen molar-refractivity contribution in [2.45, 2.75) is 31.3 Å². The van der Waals surface area contributed by atoms with Gasteiger partial charge in [0.15, 0.2) is 0 Å². The van der Waals surface area contributed by atoms with Gasteiger partial charge in [0.05, 0.1) is 16.5 Å². The topological polar surface area (TPSA) is 78.5 Å². The number of carbonyl (C=O) groups excluding carboxylic acids is 3. The molecule has 3 amide bonds. The van der Waals surface area contributed by atoms with Crippen LogP contribution in [0.5, 0.6) is 0 Å². The Balaban J connectivity index is 1.70. The van der Waals surface area contributed by atoms with Gasteiger partial charge in [0.25, 0.3) is 5.91 Å². The van der Waals surface area contributed by atoms with Crippen LogP contribution in [0.4, 0.5) is 0 Å². The molecular formula is C17H20ClN3O3S. The average molecular weight is 382 g/mol. The molecule has 2 fully saturated rings. The fraction of sp³-hybridized carbons (Fsp3) is 0.471. The summed E-state index contributed by atoms with van der Waals surface area (Å²) in [6.07, 6.45) is 2.41. The standard InChI is InChI=1S/C17H20ClN3O3S/c18-12-6-2-1-5-11(12)17(24)21-10-25-9-14(21)16(23)20-13-7-3-4-8-19-15(13)22/h1-2,5-6,13-14H,3-4,7-10H2,(H,19,22)(H,20,23). The Kier molecular flexibility index (Phi) is 5.86. The van der Waals surface area contributed by atoms with Gasteiger partial charge in [-0.15, -0.1) is 11.8 Å². The Bertz CT molecular complexity index is 685. The van der Waals surface area contributed by atoms with Gasteiger partial charge < -0.3 is 15.5 Å². The van der Waals surface area contributed by atoms with Gasteiger partial charge in [-0.1, -0.05) is 23.7 Å². The molecule has 6 nitrogen and oxygen atoms in total. The average Bonchev–Trinajstić information content (AvgIpc) is 3.01. The van der Waals surface area contributed by atoms with E-state index in [2.05, 4.69) is 10.6 Å². The maximum absolute atomic E-state index is 12.8. The number of hydrogen-bond donors (Lipinski definition) is 2. The summed E-state index contributed by atoms with van der Waals surface area (Å²) in [5.41, 5.74) is 0.386. The third-order valence-electron chi connectivity index (χ3n) is 4.40. The molecule has 1 aromatic carbocycles. The number of hydrogen-bond acceptors (Lipinski definition) is 4. The summed E-state index contributed by atoms with van der Waals surface area (Å²) in [7, 11) is 0. The van der Waals surface area contributed by atoms with Crippen molar-refractivity contribution in [3.8, 4) is 0 Å². The predicted molar refractivity (Wildman–Crippen MR) is 97.5 cm³/mol. The molecule has 0 aliphatic carbocycles. The quantitative estimate of drug-likeness (QED) is 0.834. The van der Waals surface area contributed by atoms with E-state index in [0.717, 1.165) is 12.8 Å². The number of amides is 3. The lowest BCUT2D eigenvalue weighted by Crippen LogP contribution is -2.53. The number of nitrogens with one attached hydrogen (secondary N) is 2. The zero-order valence-electron chi connectivity index (χ0n) is 13.7. The smallest absolute Gasteiger partial charge is 0.256 e. The third kappa shape index (κ3) is 4.10. The monoisotopic (exact) mass is 381 g/mol. The molecule has 8 heteroatoms. The Hall–Kier alpha value is -1.73. The minimum absolute atomic E-state index is 0.152. The Morgan fingerprint density at radius 2 is 2.08 bits per heavy atom. The van der Waals surface area contributed by atoms with Gasteiger partial charge in [-0.25, -0.2) is 0 Å². The molecule has 0 spiro atoms. The predicted octanol–water partition coefficient (Wildman–Crippen LogP) is 1.64. The van der Waals surface area contributed by atoms with Crippen LogP contribution in [0.15, 0.2) is 24.3 Å². The lowest BCUT2D eigenvalue weighted by atomic mass is 10.1. The number of halogens is 1. The highest BCUT2D eigenvalue weighted by molar-refractivity contribution is 7.99. The molecule has 134 valence electrons. The molecule has 0 aromatic heterocycles. The van der Waals surface area contributed by atoms with E-state index < -0.39 is 12.1 Å². The van der Waals surface area contributed by atoms with Crippen molar-refractivity contribution < 1.29 is 14.4 Å². The second-order valence-electron chi connectivity index (χ2n) is 6.12. The molecular weight excluding hydrogens is 362 g/mol. The van der Waals surface area contributed by atoms with E-state index in [9.17, 15) is 14.4 Å². The highest BCUT2D eigenvalue weighted by Gasteiger charge is 2.37. The van der Waals surface area contributed by atoms with E-state index in [4.69, 9.17) is 11.6 Å². The van der Waals surface area contributed by atoms with E-state index in [-0.39, 0.29) is 17.7 Å². The number of thioether (sulfide) groups is 1. The molecule has 0 radical (unpaired) electrons. The van der Waals surface area contributed by atoms with E-state index >= 15 is 0 Å². The Morgan fingerprint density at radius 1 is 1.28 bits per heavy atom. The van der Waals surface area contributed by atoms with Crippen molar-refractivity contribution in [3.63, 3.8) is 0 Å². The van der Waals surface area contributed by atoms with Crippen LogP contribution in [0.25, 0.3) is 0 Å². The summed E-state index contributed by atoms with van der Waals surface area (Å²) in [4.78, 5) is 39.0. The molecule has 2 aliphatic rings. The molecule has 3 rings (SSSR count). The van der Waals surface area contributed by atoms with Crippen molar-refractivity contribution >= 4 is 41.1 Å². The van der Waals surface area contributed by atoms with Crippen molar-refractivity contribution in [1.29, 1.82) is 0 Å². The van der Waals surface area contributed by atoms with E-state index in [1.165, 1.54) is 16.7 Å². The van der Waals surface area contributed by atoms with Crippen molar-refractivity contribution in [1.82, 2.24) is 15.5 Å². The summed E-state index contributed by atoms with van der Waals surface area (Å²) >= 11 is 7.62. The first kappa shape index (κ1) is 18.1. The Morgan fingerprint density at radius 3 is 2.88 bits per heavy atom. The normalized spacial score (nSPS) is 23.7. The van der Waals surface area contributed by atoms with Gasteiger partial charge in [0, 0.05) is 12.3 Å². The summed E-state index contributed by atoms with van der Waals surface area (Å²) in [6.45, 7) is 0.640. The zero-order valence-corrected chi connectivity index (χ0v) is 15.2. The van der Waals surface area contributed by atoms with Gasteiger partial charge in [0.1, 0.15) is 12.1 Å². The van der Waals surface area contributed by atoms with Crippen LogP contribution < -0.4 is 10.6 Å². The molecule has 2 heterocycles. The summed E-state index contributed by atoms with van der Waals surface area (Å²) < 4.78 is 0. The second kappa shape index (κ2) is 8.10. The van der Waals surface area contributed by atoms with Crippen molar-refractivity contribution in [2.24, 2.45) is 0 Å². The third-order valence-corrected chi connectivity index (χ3v) is 5.74. The minimum atomic E-state index is -0.593. The SMILES string of the molecule is O=C1NCCCCC1NC(=O)C1CSCN1C(=O)c1ccccc1Cl. The molecule has 0 saturated carbocycles. The van der Waals surface area contributed by atoms with Crippen LogP contribution in [-0.4, -0.2) is 52.9 Å².